The first-order valence-corrected chi connectivity index (χ1v) is 9.68. The first-order chi connectivity index (χ1) is 12.1. The smallest absolute Gasteiger partial charge is 0.227 e. The van der Waals surface area contributed by atoms with Crippen molar-refractivity contribution in [2.45, 2.75) is 49.6 Å². The van der Waals surface area contributed by atoms with Crippen molar-refractivity contribution in [3.63, 3.8) is 0 Å². The van der Waals surface area contributed by atoms with Gasteiger partial charge in [0, 0.05) is 12.6 Å². The summed E-state index contributed by atoms with van der Waals surface area (Å²) in [5.41, 5.74) is 1.03. The van der Waals surface area contributed by atoms with E-state index in [2.05, 4.69) is 24.3 Å². The number of hydrogen-bond donors (Lipinski definition) is 1. The zero-order chi connectivity index (χ0) is 17.4. The van der Waals surface area contributed by atoms with Gasteiger partial charge in [0.2, 0.25) is 5.91 Å². The Balaban J connectivity index is 1.50. The molecule has 4 heteroatoms. The molecule has 2 aliphatic rings. The molecule has 1 saturated heterocycles. The number of benzene rings is 2. The second-order valence-electron chi connectivity index (χ2n) is 7.40. The molecule has 132 valence electrons. The highest BCUT2D eigenvalue weighted by Gasteiger charge is 2.40. The summed E-state index contributed by atoms with van der Waals surface area (Å²) < 4.78 is 0. The number of carbonyl (C=O) groups is 1. The van der Waals surface area contributed by atoms with E-state index < -0.39 is 0 Å². The fraction of sp³-hybridized carbons (Fsp3) is 0.476. The highest BCUT2D eigenvalue weighted by atomic mass is 35.5. The second-order valence-corrected chi connectivity index (χ2v) is 7.87. The van der Waals surface area contributed by atoms with Crippen molar-refractivity contribution in [2.24, 2.45) is 5.92 Å². The van der Waals surface area contributed by atoms with Crippen LogP contribution in [0.25, 0.3) is 10.8 Å². The Kier molecular flexibility index (Phi) is 4.70. The first-order valence-electron chi connectivity index (χ1n) is 9.25. The minimum absolute atomic E-state index is 0.144. The molecule has 1 aliphatic carbocycles. The van der Waals surface area contributed by atoms with E-state index >= 15 is 0 Å². The van der Waals surface area contributed by atoms with Crippen LogP contribution in [0.15, 0.2) is 42.5 Å². The Morgan fingerprint density at radius 1 is 1.00 bits per heavy atom. The molecule has 1 aliphatic heterocycles. The summed E-state index contributed by atoms with van der Waals surface area (Å²) >= 11 is 6.75. The van der Waals surface area contributed by atoms with E-state index in [4.69, 9.17) is 11.6 Å². The van der Waals surface area contributed by atoms with Crippen molar-refractivity contribution in [1.29, 1.82) is 0 Å². The number of fused-ring (bicyclic) bond motifs is 1. The van der Waals surface area contributed by atoms with Crippen LogP contribution >= 0.6 is 11.6 Å². The number of amides is 1. The maximum absolute atomic E-state index is 12.9. The number of alkyl halides is 1. The maximum Gasteiger partial charge on any atom is 0.227 e. The van der Waals surface area contributed by atoms with Crippen LogP contribution in [0.1, 0.15) is 43.0 Å². The third-order valence-corrected chi connectivity index (χ3v) is 6.39. The molecule has 0 spiro atoms. The minimum Gasteiger partial charge on any atom is -0.393 e. The molecule has 25 heavy (non-hydrogen) atoms. The van der Waals surface area contributed by atoms with Gasteiger partial charge in [-0.15, -0.1) is 11.6 Å². The van der Waals surface area contributed by atoms with E-state index in [0.29, 0.717) is 0 Å². The van der Waals surface area contributed by atoms with Crippen molar-refractivity contribution in [3.8, 4) is 0 Å². The molecule has 0 radical (unpaired) electrons. The standard InChI is InChI=1S/C21H24ClNO2/c22-20(16-6-5-14-3-1-2-4-15(14)13-16)19-11-12-23(21(19)25)17-7-9-18(24)10-8-17/h1-6,13,17-20,24H,7-12H2. The molecule has 3 nitrogen and oxygen atoms in total. The van der Waals surface area contributed by atoms with Crippen LogP contribution in [-0.4, -0.2) is 34.6 Å². The van der Waals surface area contributed by atoms with Gasteiger partial charge in [0.05, 0.1) is 17.4 Å². The van der Waals surface area contributed by atoms with Crippen molar-refractivity contribution in [3.05, 3.63) is 48.0 Å². The number of nitrogens with zero attached hydrogens (tertiary/aromatic N) is 1. The number of aliphatic hydroxyl groups excluding tert-OH is 1. The Hall–Kier alpha value is -1.58. The predicted octanol–water partition coefficient (Wildman–Crippen LogP) is 4.27. The third kappa shape index (κ3) is 3.28. The summed E-state index contributed by atoms with van der Waals surface area (Å²) in [6.07, 6.45) is 4.04. The first kappa shape index (κ1) is 16.9. The van der Waals surface area contributed by atoms with E-state index in [-0.39, 0.29) is 29.3 Å². The summed E-state index contributed by atoms with van der Waals surface area (Å²) in [7, 11) is 0. The van der Waals surface area contributed by atoms with Gasteiger partial charge in [0.1, 0.15) is 0 Å². The van der Waals surface area contributed by atoms with Crippen molar-refractivity contribution < 1.29 is 9.90 Å². The average Bonchev–Trinajstić information content (AvgIpc) is 3.03. The van der Waals surface area contributed by atoms with E-state index in [0.717, 1.165) is 49.6 Å². The van der Waals surface area contributed by atoms with Crippen LogP contribution in [-0.2, 0) is 4.79 Å². The summed E-state index contributed by atoms with van der Waals surface area (Å²) in [6, 6.07) is 14.7. The van der Waals surface area contributed by atoms with Crippen molar-refractivity contribution in [1.82, 2.24) is 4.90 Å². The molecule has 1 N–H and O–H groups in total. The fourth-order valence-electron chi connectivity index (χ4n) is 4.34. The Morgan fingerprint density at radius 3 is 2.48 bits per heavy atom. The number of rotatable bonds is 3. The van der Waals surface area contributed by atoms with Gasteiger partial charge in [-0.25, -0.2) is 0 Å². The van der Waals surface area contributed by atoms with Gasteiger partial charge in [-0.3, -0.25) is 4.79 Å². The van der Waals surface area contributed by atoms with Crippen LogP contribution in [0.5, 0.6) is 0 Å². The van der Waals surface area contributed by atoms with E-state index in [1.54, 1.807) is 0 Å². The number of carbonyl (C=O) groups excluding carboxylic acids is 1. The van der Waals surface area contributed by atoms with Gasteiger partial charge in [-0.05, 0) is 54.5 Å². The van der Waals surface area contributed by atoms with Crippen LogP contribution < -0.4 is 0 Å². The number of likely N-dealkylation sites (tertiary alicyclic amines) is 1. The van der Waals surface area contributed by atoms with Gasteiger partial charge in [0.15, 0.2) is 0 Å². The molecule has 2 atom stereocenters. The van der Waals surface area contributed by atoms with Gasteiger partial charge < -0.3 is 10.0 Å². The number of halogens is 1. The normalized spacial score (nSPS) is 28.5. The average molecular weight is 358 g/mol. The van der Waals surface area contributed by atoms with E-state index in [1.165, 1.54) is 5.39 Å². The van der Waals surface area contributed by atoms with Gasteiger partial charge in [-0.2, -0.15) is 0 Å². The van der Waals surface area contributed by atoms with Crippen molar-refractivity contribution >= 4 is 28.3 Å². The summed E-state index contributed by atoms with van der Waals surface area (Å²) in [6.45, 7) is 0.793. The monoisotopic (exact) mass is 357 g/mol. The molecule has 0 bridgehead atoms. The van der Waals surface area contributed by atoms with Crippen LogP contribution in [0.3, 0.4) is 0 Å². The fourth-order valence-corrected chi connectivity index (χ4v) is 4.71. The Bertz CT molecular complexity index is 769. The third-order valence-electron chi connectivity index (χ3n) is 5.83. The molecule has 2 unspecified atom stereocenters. The van der Waals surface area contributed by atoms with Gasteiger partial charge >= 0.3 is 0 Å². The quantitative estimate of drug-likeness (QED) is 0.833. The molecule has 1 heterocycles. The predicted molar refractivity (Wildman–Crippen MR) is 101 cm³/mol. The lowest BCUT2D eigenvalue weighted by molar-refractivity contribution is -0.134. The summed E-state index contributed by atoms with van der Waals surface area (Å²) in [5.74, 6) is 0.0456. The zero-order valence-electron chi connectivity index (χ0n) is 14.3. The van der Waals surface area contributed by atoms with Crippen molar-refractivity contribution in [2.75, 3.05) is 6.54 Å². The highest BCUT2D eigenvalue weighted by Crippen LogP contribution is 2.39. The van der Waals surface area contributed by atoms with Gasteiger partial charge in [-0.1, -0.05) is 36.4 Å². The SMILES string of the molecule is O=C1C(C(Cl)c2ccc3ccccc3c2)CCN1C1CCC(O)CC1. The minimum atomic E-state index is -0.281. The Morgan fingerprint density at radius 2 is 1.72 bits per heavy atom. The molecule has 1 saturated carbocycles. The molecular weight excluding hydrogens is 334 g/mol. The number of hydrogen-bond acceptors (Lipinski definition) is 2. The lowest BCUT2D eigenvalue weighted by Crippen LogP contribution is -2.41. The molecule has 2 aromatic carbocycles. The largest absolute Gasteiger partial charge is 0.393 e. The summed E-state index contributed by atoms with van der Waals surface area (Å²) in [5, 5.41) is 11.8. The number of aliphatic hydroxyl groups is 1. The van der Waals surface area contributed by atoms with Crippen LogP contribution in [0, 0.1) is 5.92 Å². The molecule has 2 aromatic rings. The Labute approximate surface area is 153 Å². The van der Waals surface area contributed by atoms with Crippen LogP contribution in [0.2, 0.25) is 0 Å². The lowest BCUT2D eigenvalue weighted by Gasteiger charge is -2.33. The second kappa shape index (κ2) is 6.97. The molecule has 2 fully saturated rings. The van der Waals surface area contributed by atoms with Gasteiger partial charge in [0.25, 0.3) is 0 Å². The molecular formula is C21H24ClNO2. The van der Waals surface area contributed by atoms with E-state index in [1.807, 2.05) is 23.1 Å². The molecule has 0 aromatic heterocycles. The molecule has 4 rings (SSSR count). The topological polar surface area (TPSA) is 40.5 Å². The van der Waals surface area contributed by atoms with E-state index in [9.17, 15) is 9.90 Å². The lowest BCUT2D eigenvalue weighted by atomic mass is 9.92. The zero-order valence-corrected chi connectivity index (χ0v) is 15.0. The maximum atomic E-state index is 12.9. The van der Waals surface area contributed by atoms with Crippen LogP contribution in [0.4, 0.5) is 0 Å². The molecule has 1 amide bonds. The summed E-state index contributed by atoms with van der Waals surface area (Å²) in [4.78, 5) is 15.0. The highest BCUT2D eigenvalue weighted by molar-refractivity contribution is 6.22.